The molecule has 2 N–H and O–H groups in total. The predicted octanol–water partition coefficient (Wildman–Crippen LogP) is 4.03. The molecule has 1 aliphatic heterocycles. The summed E-state index contributed by atoms with van der Waals surface area (Å²) in [6.45, 7) is 0. The van der Waals surface area contributed by atoms with E-state index < -0.39 is 17.5 Å². The molecule has 2 aromatic carbocycles. The molecule has 0 unspecified atom stereocenters. The SMILES string of the molecule is O=C(C[C@H]1Sc2ccccc2NC1=O)Nc1ccc(OC(F)(F)F)cc1. The van der Waals surface area contributed by atoms with E-state index >= 15 is 0 Å². The molecule has 1 atom stereocenters. The average molecular weight is 382 g/mol. The van der Waals surface area contributed by atoms with Crippen LogP contribution in [0.15, 0.2) is 53.4 Å². The number of carbonyl (C=O) groups is 2. The van der Waals surface area contributed by atoms with Crippen LogP contribution in [0.4, 0.5) is 24.5 Å². The Morgan fingerprint density at radius 1 is 1.15 bits per heavy atom. The zero-order valence-electron chi connectivity index (χ0n) is 13.2. The number of hydrogen-bond acceptors (Lipinski definition) is 4. The molecule has 0 fully saturated rings. The maximum atomic E-state index is 12.1. The van der Waals surface area contributed by atoms with E-state index in [1.54, 1.807) is 12.1 Å². The Morgan fingerprint density at radius 2 is 1.85 bits per heavy atom. The molecule has 0 bridgehead atoms. The highest BCUT2D eigenvalue weighted by atomic mass is 32.2. The number of ether oxygens (including phenoxy) is 1. The van der Waals surface area contributed by atoms with Gasteiger partial charge >= 0.3 is 6.36 Å². The zero-order valence-corrected chi connectivity index (χ0v) is 14.0. The van der Waals surface area contributed by atoms with Crippen LogP contribution in [0.1, 0.15) is 6.42 Å². The Kier molecular flexibility index (Phi) is 5.08. The lowest BCUT2D eigenvalue weighted by Crippen LogP contribution is -2.32. The Morgan fingerprint density at radius 3 is 2.54 bits per heavy atom. The third-order valence-electron chi connectivity index (χ3n) is 3.45. The second-order valence-electron chi connectivity index (χ2n) is 5.42. The summed E-state index contributed by atoms with van der Waals surface area (Å²) in [4.78, 5) is 25.1. The van der Waals surface area contributed by atoms with E-state index in [4.69, 9.17) is 0 Å². The van der Waals surface area contributed by atoms with Gasteiger partial charge in [0.25, 0.3) is 0 Å². The van der Waals surface area contributed by atoms with Crippen molar-refractivity contribution < 1.29 is 27.5 Å². The number of carbonyl (C=O) groups excluding carboxylic acids is 2. The first-order valence-electron chi connectivity index (χ1n) is 7.52. The summed E-state index contributed by atoms with van der Waals surface area (Å²) < 4.78 is 40.1. The second kappa shape index (κ2) is 7.28. The van der Waals surface area contributed by atoms with Crippen LogP contribution in [-0.2, 0) is 9.59 Å². The van der Waals surface area contributed by atoms with Gasteiger partial charge in [-0.15, -0.1) is 24.9 Å². The number of thioether (sulfide) groups is 1. The summed E-state index contributed by atoms with van der Waals surface area (Å²) in [6, 6.07) is 12.1. The smallest absolute Gasteiger partial charge is 0.406 e. The van der Waals surface area contributed by atoms with Gasteiger partial charge in [-0.3, -0.25) is 9.59 Å². The largest absolute Gasteiger partial charge is 0.573 e. The quantitative estimate of drug-likeness (QED) is 0.838. The molecule has 5 nitrogen and oxygen atoms in total. The minimum atomic E-state index is -4.77. The van der Waals surface area contributed by atoms with Crippen LogP contribution in [0, 0.1) is 0 Å². The van der Waals surface area contributed by atoms with Crippen molar-refractivity contribution in [1.82, 2.24) is 0 Å². The minimum Gasteiger partial charge on any atom is -0.406 e. The maximum absolute atomic E-state index is 12.1. The van der Waals surface area contributed by atoms with Gasteiger partial charge in [-0.2, -0.15) is 0 Å². The van der Waals surface area contributed by atoms with E-state index in [0.29, 0.717) is 11.4 Å². The Labute approximate surface area is 150 Å². The lowest BCUT2D eigenvalue weighted by Gasteiger charge is -2.23. The van der Waals surface area contributed by atoms with E-state index in [0.717, 1.165) is 17.0 Å². The van der Waals surface area contributed by atoms with Gasteiger partial charge in [0.05, 0.1) is 10.9 Å². The standard InChI is InChI=1S/C17H13F3N2O3S/c18-17(19,20)25-11-7-5-10(6-8-11)21-15(23)9-14-16(24)22-12-3-1-2-4-13(12)26-14/h1-8,14H,9H2,(H,21,23)(H,22,24)/t14-/m1/s1. The predicted molar refractivity (Wildman–Crippen MR) is 91.1 cm³/mol. The molecule has 9 heteroatoms. The highest BCUT2D eigenvalue weighted by Crippen LogP contribution is 2.36. The van der Waals surface area contributed by atoms with Crippen molar-refractivity contribution in [2.75, 3.05) is 10.6 Å². The van der Waals surface area contributed by atoms with Gasteiger partial charge in [0.2, 0.25) is 11.8 Å². The number of amides is 2. The average Bonchev–Trinajstić information content (AvgIpc) is 2.56. The fraction of sp³-hybridized carbons (Fsp3) is 0.176. The van der Waals surface area contributed by atoms with Crippen LogP contribution in [0.3, 0.4) is 0 Å². The molecule has 2 aromatic rings. The first-order chi connectivity index (χ1) is 12.3. The molecule has 136 valence electrons. The fourth-order valence-corrected chi connectivity index (χ4v) is 3.46. The molecular weight excluding hydrogens is 369 g/mol. The third kappa shape index (κ3) is 4.69. The lowest BCUT2D eigenvalue weighted by atomic mass is 10.2. The number of nitrogens with one attached hydrogen (secondary N) is 2. The summed E-state index contributed by atoms with van der Waals surface area (Å²) in [5.41, 5.74) is 1.02. The lowest BCUT2D eigenvalue weighted by molar-refractivity contribution is -0.274. The van der Waals surface area contributed by atoms with Crippen LogP contribution >= 0.6 is 11.8 Å². The molecule has 0 saturated carbocycles. The van der Waals surface area contributed by atoms with Crippen molar-refractivity contribution in [2.45, 2.75) is 22.9 Å². The summed E-state index contributed by atoms with van der Waals surface area (Å²) in [5.74, 6) is -1.06. The van der Waals surface area contributed by atoms with Gasteiger partial charge in [-0.25, -0.2) is 0 Å². The summed E-state index contributed by atoms with van der Waals surface area (Å²) >= 11 is 1.29. The van der Waals surface area contributed by atoms with Crippen molar-refractivity contribution >= 4 is 35.0 Å². The zero-order chi connectivity index (χ0) is 18.7. The first kappa shape index (κ1) is 18.1. The Balaban J connectivity index is 1.58. The van der Waals surface area contributed by atoms with Crippen molar-refractivity contribution in [3.05, 3.63) is 48.5 Å². The summed E-state index contributed by atoms with van der Waals surface area (Å²) in [7, 11) is 0. The van der Waals surface area contributed by atoms with Crippen LogP contribution < -0.4 is 15.4 Å². The highest BCUT2D eigenvalue weighted by molar-refractivity contribution is 8.01. The summed E-state index contributed by atoms with van der Waals surface area (Å²) in [6.07, 6.45) is -4.84. The summed E-state index contributed by atoms with van der Waals surface area (Å²) in [5, 5.41) is 4.71. The number of alkyl halides is 3. The highest BCUT2D eigenvalue weighted by Gasteiger charge is 2.31. The van der Waals surface area contributed by atoms with E-state index in [2.05, 4.69) is 15.4 Å². The molecular formula is C17H13F3N2O3S. The second-order valence-corrected chi connectivity index (χ2v) is 6.66. The van der Waals surface area contributed by atoms with E-state index in [9.17, 15) is 22.8 Å². The van der Waals surface area contributed by atoms with Crippen LogP contribution in [0.5, 0.6) is 5.75 Å². The van der Waals surface area contributed by atoms with Gasteiger partial charge in [0, 0.05) is 17.0 Å². The monoisotopic (exact) mass is 382 g/mol. The molecule has 0 saturated heterocycles. The van der Waals surface area contributed by atoms with E-state index in [1.165, 1.54) is 23.9 Å². The molecule has 0 aliphatic carbocycles. The molecule has 26 heavy (non-hydrogen) atoms. The normalized spacial score (nSPS) is 16.4. The van der Waals surface area contributed by atoms with Crippen molar-refractivity contribution in [3.8, 4) is 5.75 Å². The van der Waals surface area contributed by atoms with Gasteiger partial charge < -0.3 is 15.4 Å². The van der Waals surface area contributed by atoms with Crippen LogP contribution in [-0.4, -0.2) is 23.4 Å². The topological polar surface area (TPSA) is 67.4 Å². The number of halogens is 3. The van der Waals surface area contributed by atoms with Crippen molar-refractivity contribution in [2.24, 2.45) is 0 Å². The Hall–Kier alpha value is -2.68. The Bertz CT molecular complexity index is 825. The van der Waals surface area contributed by atoms with E-state index in [-0.39, 0.29) is 18.1 Å². The number of anilines is 2. The van der Waals surface area contributed by atoms with Crippen molar-refractivity contribution in [3.63, 3.8) is 0 Å². The molecule has 3 rings (SSSR count). The number of rotatable bonds is 4. The molecule has 0 spiro atoms. The van der Waals surface area contributed by atoms with Gasteiger partial charge in [-0.05, 0) is 36.4 Å². The number of benzene rings is 2. The fourth-order valence-electron chi connectivity index (χ4n) is 2.35. The molecule has 1 aliphatic rings. The third-order valence-corrected chi connectivity index (χ3v) is 4.72. The van der Waals surface area contributed by atoms with Gasteiger partial charge in [-0.1, -0.05) is 12.1 Å². The molecule has 0 radical (unpaired) electrons. The van der Waals surface area contributed by atoms with Crippen LogP contribution in [0.2, 0.25) is 0 Å². The maximum Gasteiger partial charge on any atom is 0.573 e. The van der Waals surface area contributed by atoms with Crippen molar-refractivity contribution in [1.29, 1.82) is 0 Å². The van der Waals surface area contributed by atoms with Gasteiger partial charge in [0.15, 0.2) is 0 Å². The number of fused-ring (bicyclic) bond motifs is 1. The van der Waals surface area contributed by atoms with Crippen LogP contribution in [0.25, 0.3) is 0 Å². The minimum absolute atomic E-state index is 0.0639. The number of hydrogen-bond donors (Lipinski definition) is 2. The molecule has 0 aromatic heterocycles. The van der Waals surface area contributed by atoms with E-state index in [1.807, 2.05) is 12.1 Å². The first-order valence-corrected chi connectivity index (χ1v) is 8.40. The number of para-hydroxylation sites is 1. The van der Waals surface area contributed by atoms with Gasteiger partial charge in [0.1, 0.15) is 5.75 Å². The molecule has 2 amide bonds. The molecule has 1 heterocycles.